The van der Waals surface area contributed by atoms with Crippen LogP contribution >= 0.6 is 0 Å². The molecule has 2 N–H and O–H groups in total. The third kappa shape index (κ3) is 2.69. The van der Waals surface area contributed by atoms with Crippen LogP contribution in [0.3, 0.4) is 0 Å². The minimum absolute atomic E-state index is 0.0191. The molecule has 0 spiro atoms. The van der Waals surface area contributed by atoms with E-state index in [1.165, 1.54) is 4.90 Å². The summed E-state index contributed by atoms with van der Waals surface area (Å²) in [6.45, 7) is 0.250. The predicted molar refractivity (Wildman–Crippen MR) is 71.7 cm³/mol. The maximum Gasteiger partial charge on any atom is 0.307 e. The lowest BCUT2D eigenvalue weighted by Crippen LogP contribution is -2.41. The smallest absolute Gasteiger partial charge is 0.307 e. The van der Waals surface area contributed by atoms with Gasteiger partial charge in [0.15, 0.2) is 0 Å². The molecule has 0 saturated heterocycles. The molecule has 2 amide bonds. The number of aliphatic carboxylic acids is 1. The molecular formula is C14H20N2O4. The first kappa shape index (κ1) is 14.6. The molecule has 2 aliphatic rings. The van der Waals surface area contributed by atoms with E-state index in [1.54, 1.807) is 14.1 Å². The van der Waals surface area contributed by atoms with Crippen LogP contribution in [-0.2, 0) is 14.4 Å². The SMILES string of the molecule is CN(C)C(=O)CCNC(=O)[C@H]1C2C=CC(C2)[C@H]1C(=O)O. The molecule has 2 rings (SSSR count). The van der Waals surface area contributed by atoms with Crippen molar-refractivity contribution in [1.82, 2.24) is 10.2 Å². The summed E-state index contributed by atoms with van der Waals surface area (Å²) in [5, 5.41) is 12.0. The van der Waals surface area contributed by atoms with Crippen LogP contribution in [-0.4, -0.2) is 48.4 Å². The number of allylic oxidation sites excluding steroid dienone is 2. The third-order valence-corrected chi connectivity index (χ3v) is 4.18. The van der Waals surface area contributed by atoms with Gasteiger partial charge in [-0.2, -0.15) is 0 Å². The van der Waals surface area contributed by atoms with Crippen LogP contribution in [0.25, 0.3) is 0 Å². The van der Waals surface area contributed by atoms with Gasteiger partial charge in [-0.3, -0.25) is 14.4 Å². The van der Waals surface area contributed by atoms with E-state index in [1.807, 2.05) is 12.2 Å². The van der Waals surface area contributed by atoms with Crippen molar-refractivity contribution in [1.29, 1.82) is 0 Å². The van der Waals surface area contributed by atoms with Gasteiger partial charge in [-0.15, -0.1) is 0 Å². The average Bonchev–Trinajstić information content (AvgIpc) is 2.97. The number of nitrogens with one attached hydrogen (secondary N) is 1. The predicted octanol–water partition coefficient (Wildman–Crippen LogP) is 0.104. The molecule has 0 aromatic carbocycles. The van der Waals surface area contributed by atoms with E-state index < -0.39 is 17.8 Å². The van der Waals surface area contributed by atoms with Crippen molar-refractivity contribution in [3.63, 3.8) is 0 Å². The molecule has 0 radical (unpaired) electrons. The number of carbonyl (C=O) groups is 3. The zero-order chi connectivity index (χ0) is 14.9. The van der Waals surface area contributed by atoms with Crippen LogP contribution in [0.15, 0.2) is 12.2 Å². The molecule has 20 heavy (non-hydrogen) atoms. The number of hydrogen-bond acceptors (Lipinski definition) is 3. The quantitative estimate of drug-likeness (QED) is 0.699. The van der Waals surface area contributed by atoms with E-state index in [9.17, 15) is 19.5 Å². The van der Waals surface area contributed by atoms with Gasteiger partial charge in [0, 0.05) is 27.1 Å². The van der Waals surface area contributed by atoms with Crippen LogP contribution in [0.4, 0.5) is 0 Å². The second-order valence-electron chi connectivity index (χ2n) is 5.67. The van der Waals surface area contributed by atoms with Crippen molar-refractivity contribution in [2.75, 3.05) is 20.6 Å². The first-order valence-electron chi connectivity index (χ1n) is 6.80. The molecule has 6 nitrogen and oxygen atoms in total. The summed E-state index contributed by atoms with van der Waals surface area (Å²) in [6, 6.07) is 0. The second-order valence-corrected chi connectivity index (χ2v) is 5.67. The van der Waals surface area contributed by atoms with Gasteiger partial charge >= 0.3 is 5.97 Å². The summed E-state index contributed by atoms with van der Waals surface area (Å²) >= 11 is 0. The van der Waals surface area contributed by atoms with Crippen LogP contribution in [0.2, 0.25) is 0 Å². The highest BCUT2D eigenvalue weighted by Crippen LogP contribution is 2.48. The number of carboxylic acid groups (broad SMARTS) is 1. The number of nitrogens with zero attached hydrogens (tertiary/aromatic N) is 1. The van der Waals surface area contributed by atoms with Gasteiger partial charge in [0.05, 0.1) is 11.8 Å². The summed E-state index contributed by atoms with van der Waals surface area (Å²) in [7, 11) is 3.32. The highest BCUT2D eigenvalue weighted by atomic mass is 16.4. The monoisotopic (exact) mass is 280 g/mol. The Morgan fingerprint density at radius 1 is 1.20 bits per heavy atom. The molecule has 1 saturated carbocycles. The summed E-state index contributed by atoms with van der Waals surface area (Å²) in [5.41, 5.74) is 0. The summed E-state index contributed by atoms with van der Waals surface area (Å²) in [6.07, 6.45) is 4.82. The minimum Gasteiger partial charge on any atom is -0.481 e. The highest BCUT2D eigenvalue weighted by molar-refractivity contribution is 5.87. The largest absolute Gasteiger partial charge is 0.481 e. The van der Waals surface area contributed by atoms with Crippen LogP contribution in [0.5, 0.6) is 0 Å². The van der Waals surface area contributed by atoms with Gasteiger partial charge < -0.3 is 15.3 Å². The third-order valence-electron chi connectivity index (χ3n) is 4.18. The lowest BCUT2D eigenvalue weighted by atomic mass is 9.82. The lowest BCUT2D eigenvalue weighted by molar-refractivity contribution is -0.147. The fourth-order valence-electron chi connectivity index (χ4n) is 3.15. The van der Waals surface area contributed by atoms with E-state index in [2.05, 4.69) is 5.32 Å². The lowest BCUT2D eigenvalue weighted by Gasteiger charge is -2.23. The number of hydrogen-bond donors (Lipinski definition) is 2. The van der Waals surface area contributed by atoms with Crippen molar-refractivity contribution in [2.45, 2.75) is 12.8 Å². The van der Waals surface area contributed by atoms with E-state index in [4.69, 9.17) is 0 Å². The standard InChI is InChI=1S/C14H20N2O4/c1-16(2)10(17)5-6-15-13(18)11-8-3-4-9(7-8)12(11)14(19)20/h3-4,8-9,11-12H,5-7H2,1-2H3,(H,15,18)(H,19,20)/t8?,9?,11-,12+/m0/s1. The molecule has 1 fully saturated rings. The molecule has 2 aliphatic carbocycles. The molecule has 2 bridgehead atoms. The van der Waals surface area contributed by atoms with Crippen LogP contribution in [0.1, 0.15) is 12.8 Å². The molecule has 0 aromatic rings. The van der Waals surface area contributed by atoms with Gasteiger partial charge in [0.25, 0.3) is 0 Å². The van der Waals surface area contributed by atoms with Crippen molar-refractivity contribution in [2.24, 2.45) is 23.7 Å². The number of amides is 2. The van der Waals surface area contributed by atoms with Crippen molar-refractivity contribution < 1.29 is 19.5 Å². The van der Waals surface area contributed by atoms with E-state index in [-0.39, 0.29) is 36.6 Å². The van der Waals surface area contributed by atoms with Crippen LogP contribution in [0, 0.1) is 23.7 Å². The minimum atomic E-state index is -0.911. The molecule has 4 atom stereocenters. The highest BCUT2D eigenvalue weighted by Gasteiger charge is 2.51. The van der Waals surface area contributed by atoms with Gasteiger partial charge in [-0.05, 0) is 18.3 Å². The molecule has 0 heterocycles. The van der Waals surface area contributed by atoms with Gasteiger partial charge in [-0.25, -0.2) is 0 Å². The topological polar surface area (TPSA) is 86.7 Å². The Hall–Kier alpha value is -1.85. The summed E-state index contributed by atoms with van der Waals surface area (Å²) in [4.78, 5) is 36.4. The van der Waals surface area contributed by atoms with Gasteiger partial charge in [0.2, 0.25) is 11.8 Å². The summed E-state index contributed by atoms with van der Waals surface area (Å²) < 4.78 is 0. The Balaban J connectivity index is 1.90. The number of rotatable bonds is 5. The van der Waals surface area contributed by atoms with Crippen molar-refractivity contribution in [3.8, 4) is 0 Å². The van der Waals surface area contributed by atoms with E-state index >= 15 is 0 Å². The maximum atomic E-state index is 12.2. The molecule has 110 valence electrons. The Bertz CT molecular complexity index is 458. The first-order valence-corrected chi connectivity index (χ1v) is 6.80. The number of carbonyl (C=O) groups excluding carboxylic acids is 2. The van der Waals surface area contributed by atoms with Crippen LogP contribution < -0.4 is 5.32 Å². The molecule has 0 aromatic heterocycles. The first-order chi connectivity index (χ1) is 9.41. The average molecular weight is 280 g/mol. The summed E-state index contributed by atoms with van der Waals surface area (Å²) in [5.74, 6) is -2.37. The fourth-order valence-corrected chi connectivity index (χ4v) is 3.15. The number of carboxylic acids is 1. The Labute approximate surface area is 117 Å². The van der Waals surface area contributed by atoms with E-state index in [0.29, 0.717) is 0 Å². The normalized spacial score (nSPS) is 30.3. The van der Waals surface area contributed by atoms with Gasteiger partial charge in [0.1, 0.15) is 0 Å². The molecule has 6 heteroatoms. The zero-order valence-corrected chi connectivity index (χ0v) is 11.7. The zero-order valence-electron chi connectivity index (χ0n) is 11.7. The fraction of sp³-hybridized carbons (Fsp3) is 0.643. The molecule has 0 aliphatic heterocycles. The van der Waals surface area contributed by atoms with Crippen molar-refractivity contribution >= 4 is 17.8 Å². The van der Waals surface area contributed by atoms with Crippen molar-refractivity contribution in [3.05, 3.63) is 12.2 Å². The molecular weight excluding hydrogens is 260 g/mol. The molecule has 2 unspecified atom stereocenters. The Morgan fingerprint density at radius 3 is 2.35 bits per heavy atom. The Morgan fingerprint density at radius 2 is 1.80 bits per heavy atom. The van der Waals surface area contributed by atoms with Gasteiger partial charge in [-0.1, -0.05) is 12.2 Å². The number of fused-ring (bicyclic) bond motifs is 2. The maximum absolute atomic E-state index is 12.2. The second kappa shape index (κ2) is 5.64. The Kier molecular flexibility index (Phi) is 4.11. The van der Waals surface area contributed by atoms with E-state index in [0.717, 1.165) is 6.42 Å².